The van der Waals surface area contributed by atoms with Gasteiger partial charge in [-0.3, -0.25) is 15.0 Å². The lowest BCUT2D eigenvalue weighted by atomic mass is 10.1. The number of hydrogen-bond acceptors (Lipinski definition) is 7. The lowest BCUT2D eigenvalue weighted by Crippen LogP contribution is -2.35. The summed E-state index contributed by atoms with van der Waals surface area (Å²) in [5, 5.41) is 6.90. The summed E-state index contributed by atoms with van der Waals surface area (Å²) in [7, 11) is 0. The molecule has 2 fully saturated rings. The van der Waals surface area contributed by atoms with E-state index < -0.39 is 0 Å². The van der Waals surface area contributed by atoms with E-state index in [2.05, 4.69) is 37.6 Å². The molecule has 2 aromatic heterocycles. The molecule has 5 rings (SSSR count). The number of morpholine rings is 1. The number of thiophene rings is 1. The molecule has 1 amide bonds. The van der Waals surface area contributed by atoms with Gasteiger partial charge in [-0.1, -0.05) is 36.8 Å². The van der Waals surface area contributed by atoms with Crippen LogP contribution in [0.5, 0.6) is 0 Å². The van der Waals surface area contributed by atoms with Crippen molar-refractivity contribution in [2.45, 2.75) is 25.8 Å². The third-order valence-corrected chi connectivity index (χ3v) is 7.93. The second-order valence-corrected chi connectivity index (χ2v) is 10.1. The summed E-state index contributed by atoms with van der Waals surface area (Å²) >= 11 is 3.05. The monoisotopic (exact) mass is 468 g/mol. The molecule has 32 heavy (non-hydrogen) atoms. The summed E-state index contributed by atoms with van der Waals surface area (Å²) in [6.07, 6.45) is 3.86. The number of thiazole rings is 1. The van der Waals surface area contributed by atoms with Gasteiger partial charge in [0.1, 0.15) is 0 Å². The summed E-state index contributed by atoms with van der Waals surface area (Å²) in [6.45, 7) is 6.26. The number of nitrogens with one attached hydrogen (secondary N) is 1. The highest BCUT2D eigenvalue weighted by atomic mass is 32.1. The third-order valence-electron chi connectivity index (χ3n) is 5.93. The van der Waals surface area contributed by atoms with Crippen LogP contribution in [0, 0.1) is 0 Å². The Labute approximate surface area is 196 Å². The fraction of sp³-hybridized carbons (Fsp3) is 0.417. The number of piperidine rings is 1. The first kappa shape index (κ1) is 21.6. The molecule has 0 bridgehead atoms. The van der Waals surface area contributed by atoms with E-state index in [1.807, 2.05) is 24.3 Å². The average molecular weight is 469 g/mol. The number of carbonyl (C=O) groups is 1. The molecular formula is C24H28N4O2S2. The van der Waals surface area contributed by atoms with Gasteiger partial charge >= 0.3 is 0 Å². The Morgan fingerprint density at radius 2 is 1.84 bits per heavy atom. The van der Waals surface area contributed by atoms with Gasteiger partial charge in [0.2, 0.25) is 0 Å². The maximum absolute atomic E-state index is 13.1. The van der Waals surface area contributed by atoms with Gasteiger partial charge in [0.25, 0.3) is 5.91 Å². The van der Waals surface area contributed by atoms with Crippen molar-refractivity contribution in [1.29, 1.82) is 0 Å². The predicted octanol–water partition coefficient (Wildman–Crippen LogP) is 4.95. The van der Waals surface area contributed by atoms with Gasteiger partial charge in [-0.2, -0.15) is 0 Å². The fourth-order valence-corrected chi connectivity index (χ4v) is 6.09. The van der Waals surface area contributed by atoms with Crippen molar-refractivity contribution in [2.75, 3.05) is 49.6 Å². The summed E-state index contributed by atoms with van der Waals surface area (Å²) in [5.74, 6) is -0.0921. The first-order chi connectivity index (χ1) is 15.8. The van der Waals surface area contributed by atoms with E-state index in [9.17, 15) is 4.79 Å². The van der Waals surface area contributed by atoms with Crippen molar-refractivity contribution < 1.29 is 9.53 Å². The molecule has 2 aliphatic rings. The van der Waals surface area contributed by atoms with Crippen molar-refractivity contribution in [3.8, 4) is 11.1 Å². The number of rotatable bonds is 6. The van der Waals surface area contributed by atoms with Gasteiger partial charge in [-0.15, -0.1) is 22.7 Å². The number of amides is 1. The van der Waals surface area contributed by atoms with Crippen LogP contribution in [-0.4, -0.2) is 55.2 Å². The topological polar surface area (TPSA) is 57.7 Å². The Balaban J connectivity index is 1.33. The Hall–Kier alpha value is -2.26. The van der Waals surface area contributed by atoms with Crippen LogP contribution in [0.25, 0.3) is 11.1 Å². The molecule has 2 saturated heterocycles. The van der Waals surface area contributed by atoms with Crippen LogP contribution in [0.2, 0.25) is 0 Å². The lowest BCUT2D eigenvalue weighted by Gasteiger charge is -2.28. The molecule has 8 heteroatoms. The van der Waals surface area contributed by atoms with Gasteiger partial charge in [0.15, 0.2) is 5.13 Å². The van der Waals surface area contributed by atoms with E-state index in [-0.39, 0.29) is 5.91 Å². The quantitative estimate of drug-likeness (QED) is 0.555. The van der Waals surface area contributed by atoms with E-state index in [0.29, 0.717) is 23.2 Å². The molecule has 168 valence electrons. The van der Waals surface area contributed by atoms with Crippen molar-refractivity contribution in [3.05, 3.63) is 52.3 Å². The van der Waals surface area contributed by atoms with Crippen LogP contribution in [0.3, 0.4) is 0 Å². The van der Waals surface area contributed by atoms with Gasteiger partial charge in [-0.25, -0.2) is 4.98 Å². The molecule has 0 unspecified atom stereocenters. The zero-order valence-corrected chi connectivity index (χ0v) is 19.7. The summed E-state index contributed by atoms with van der Waals surface area (Å²) < 4.78 is 5.53. The maximum Gasteiger partial charge on any atom is 0.267 e. The molecule has 6 nitrogen and oxygen atoms in total. The van der Waals surface area contributed by atoms with Crippen LogP contribution in [0.15, 0.2) is 41.8 Å². The number of aromatic nitrogens is 1. The highest BCUT2D eigenvalue weighted by Crippen LogP contribution is 2.39. The van der Waals surface area contributed by atoms with Crippen molar-refractivity contribution >= 4 is 38.7 Å². The lowest BCUT2D eigenvalue weighted by molar-refractivity contribution is 0.103. The summed E-state index contributed by atoms with van der Waals surface area (Å²) in [5.41, 5.74) is 3.27. The Bertz CT molecular complexity index is 1040. The van der Waals surface area contributed by atoms with Crippen LogP contribution >= 0.6 is 22.7 Å². The van der Waals surface area contributed by atoms with Crippen LogP contribution in [-0.2, 0) is 11.3 Å². The van der Waals surface area contributed by atoms with Gasteiger partial charge in [0, 0.05) is 30.6 Å². The number of carbonyl (C=O) groups excluding carboxylic acids is 1. The standard InChI is InChI=1S/C24H28N4O2S2/c29-22(26-24-25-19(17-31-24)16-27-9-5-2-6-10-27)21-15-20(18-7-3-1-4-8-18)23(32-21)28-11-13-30-14-12-28/h1,3-4,7-8,15,17H,2,5-6,9-14,16H2,(H,25,26,29). The third kappa shape index (κ3) is 5.04. The van der Waals surface area contributed by atoms with Crippen LogP contribution in [0.1, 0.15) is 34.6 Å². The molecule has 0 atom stereocenters. The molecule has 4 heterocycles. The molecule has 0 saturated carbocycles. The number of nitrogens with zero attached hydrogens (tertiary/aromatic N) is 3. The zero-order valence-electron chi connectivity index (χ0n) is 18.1. The van der Waals surface area contributed by atoms with Crippen LogP contribution in [0.4, 0.5) is 10.1 Å². The highest BCUT2D eigenvalue weighted by molar-refractivity contribution is 7.19. The Kier molecular flexibility index (Phi) is 6.83. The number of anilines is 2. The second-order valence-electron chi connectivity index (χ2n) is 8.23. The summed E-state index contributed by atoms with van der Waals surface area (Å²) in [4.78, 5) is 23.3. The van der Waals surface area contributed by atoms with Gasteiger partial charge in [0.05, 0.1) is 28.8 Å². The minimum atomic E-state index is -0.0921. The SMILES string of the molecule is O=C(Nc1nc(CN2CCCCC2)cs1)c1cc(-c2ccccc2)c(N2CCOCC2)s1. The maximum atomic E-state index is 13.1. The van der Waals surface area contributed by atoms with Gasteiger partial charge in [-0.05, 0) is 37.6 Å². The van der Waals surface area contributed by atoms with Crippen LogP contribution < -0.4 is 10.2 Å². The molecule has 2 aliphatic heterocycles. The van der Waals surface area contributed by atoms with E-state index in [1.165, 1.54) is 30.6 Å². The minimum Gasteiger partial charge on any atom is -0.378 e. The summed E-state index contributed by atoms with van der Waals surface area (Å²) in [6, 6.07) is 12.3. The molecular weight excluding hydrogens is 440 g/mol. The van der Waals surface area contributed by atoms with E-state index >= 15 is 0 Å². The van der Waals surface area contributed by atoms with Gasteiger partial charge < -0.3 is 9.64 Å². The predicted molar refractivity (Wildman–Crippen MR) is 132 cm³/mol. The number of benzene rings is 1. The number of likely N-dealkylation sites (tertiary alicyclic amines) is 1. The molecule has 3 aromatic rings. The first-order valence-electron chi connectivity index (χ1n) is 11.3. The van der Waals surface area contributed by atoms with E-state index in [1.54, 1.807) is 11.3 Å². The van der Waals surface area contributed by atoms with E-state index in [4.69, 9.17) is 4.74 Å². The molecule has 0 radical (unpaired) electrons. The fourth-order valence-electron chi connectivity index (χ4n) is 4.26. The smallest absolute Gasteiger partial charge is 0.267 e. The molecule has 0 aliphatic carbocycles. The second kappa shape index (κ2) is 10.1. The minimum absolute atomic E-state index is 0.0921. The number of ether oxygens (including phenoxy) is 1. The average Bonchev–Trinajstić information content (AvgIpc) is 3.48. The largest absolute Gasteiger partial charge is 0.378 e. The molecule has 0 spiro atoms. The van der Waals surface area contributed by atoms with Crippen molar-refractivity contribution in [2.24, 2.45) is 0 Å². The molecule has 1 N–H and O–H groups in total. The zero-order chi connectivity index (χ0) is 21.8. The first-order valence-corrected chi connectivity index (χ1v) is 13.0. The highest BCUT2D eigenvalue weighted by Gasteiger charge is 2.22. The molecule has 1 aromatic carbocycles. The number of hydrogen-bond donors (Lipinski definition) is 1. The van der Waals surface area contributed by atoms with Crippen molar-refractivity contribution in [1.82, 2.24) is 9.88 Å². The van der Waals surface area contributed by atoms with E-state index in [0.717, 1.165) is 54.5 Å². The normalized spacial score (nSPS) is 17.4. The Morgan fingerprint density at radius 1 is 1.06 bits per heavy atom. The van der Waals surface area contributed by atoms with Crippen molar-refractivity contribution in [3.63, 3.8) is 0 Å². The Morgan fingerprint density at radius 3 is 2.62 bits per heavy atom.